The molecule has 1 aromatic rings. The summed E-state index contributed by atoms with van der Waals surface area (Å²) in [5.74, 6) is 0.660. The summed E-state index contributed by atoms with van der Waals surface area (Å²) in [6, 6.07) is 7.91. The maximum Gasteiger partial charge on any atom is 0.252 e. The molecule has 1 aromatic carbocycles. The van der Waals surface area contributed by atoms with E-state index in [0.29, 0.717) is 56.2 Å². The third kappa shape index (κ3) is 6.71. The number of rotatable bonds is 7. The van der Waals surface area contributed by atoms with Crippen molar-refractivity contribution in [3.63, 3.8) is 0 Å². The van der Waals surface area contributed by atoms with Crippen LogP contribution in [0.3, 0.4) is 0 Å². The second-order valence-electron chi connectivity index (χ2n) is 15.1. The number of hydrogen-bond donors (Lipinski definition) is 0. The van der Waals surface area contributed by atoms with Crippen molar-refractivity contribution in [1.82, 2.24) is 24.5 Å². The van der Waals surface area contributed by atoms with Crippen molar-refractivity contribution in [2.75, 3.05) is 59.5 Å². The van der Waals surface area contributed by atoms with E-state index >= 15 is 0 Å². The van der Waals surface area contributed by atoms with Crippen LogP contribution in [0.4, 0.5) is 0 Å². The predicted molar refractivity (Wildman–Crippen MR) is 178 cm³/mol. The number of hydrogen-bond acceptors (Lipinski definition) is 6. The Morgan fingerprint density at radius 1 is 0.848 bits per heavy atom. The van der Waals surface area contributed by atoms with Crippen LogP contribution in [0, 0.1) is 11.8 Å². The molecule has 0 radical (unpaired) electrons. The number of nitrogens with zero attached hydrogens (tertiary/aromatic N) is 5. The zero-order valence-electron chi connectivity index (χ0n) is 27.7. The number of carbonyl (C=O) groups is 3. The van der Waals surface area contributed by atoms with E-state index in [-0.39, 0.29) is 41.6 Å². The van der Waals surface area contributed by atoms with Crippen molar-refractivity contribution in [3.8, 4) is 0 Å². The summed E-state index contributed by atoms with van der Waals surface area (Å²) in [4.78, 5) is 54.3. The first-order valence-corrected chi connectivity index (χ1v) is 18.4. The Balaban J connectivity index is 1.19. The van der Waals surface area contributed by atoms with Gasteiger partial charge in [-0.05, 0) is 88.4 Å². The zero-order valence-corrected chi connectivity index (χ0v) is 28.5. The molecule has 5 atom stereocenters. The Hall–Kier alpha value is -2.20. The van der Waals surface area contributed by atoms with Gasteiger partial charge >= 0.3 is 0 Å². The standard InChI is InChI=1S/C36H52ClN5O4/c1-24-5-11-28(12-6-24)42(36(45)33-4-3-19-46-33)29-20-32(35(44)39-17-15-38(2)16-18-39)41(21-29)34(43)31-23-40(27-13-14-27)22-30(31)25-7-9-26(37)10-8-25/h7-10,24,27-33H,3-6,11-23H2,1-2H3/t24?,28?,29-,30-,31+,32-,33?/m0/s1. The van der Waals surface area contributed by atoms with Gasteiger partial charge in [-0.25, -0.2) is 0 Å². The maximum absolute atomic E-state index is 14.9. The topological polar surface area (TPSA) is 76.6 Å². The van der Waals surface area contributed by atoms with Crippen LogP contribution in [0.25, 0.3) is 0 Å². The minimum Gasteiger partial charge on any atom is -0.368 e. The van der Waals surface area contributed by atoms with Crippen molar-refractivity contribution in [3.05, 3.63) is 34.9 Å². The molecule has 4 aliphatic heterocycles. The molecule has 46 heavy (non-hydrogen) atoms. The van der Waals surface area contributed by atoms with Crippen molar-refractivity contribution < 1.29 is 19.1 Å². The SMILES string of the molecule is CC1CCC(N(C(=O)C2CCCO2)[C@H]2C[C@@H](C(=O)N3CCN(C)CC3)N(C(=O)[C@@H]3CN(C4CC4)C[C@H]3c3ccc(Cl)cc3)C2)CC1. The quantitative estimate of drug-likeness (QED) is 0.445. The van der Waals surface area contributed by atoms with Gasteiger partial charge in [0, 0.05) is 75.4 Å². The molecule has 3 amide bonds. The van der Waals surface area contributed by atoms with E-state index in [2.05, 4.69) is 40.8 Å². The Kier molecular flexibility index (Phi) is 9.66. The monoisotopic (exact) mass is 653 g/mol. The number of piperazine rings is 1. The van der Waals surface area contributed by atoms with Crippen molar-refractivity contribution in [1.29, 1.82) is 0 Å². The van der Waals surface area contributed by atoms with Crippen molar-refractivity contribution >= 4 is 29.3 Å². The van der Waals surface area contributed by atoms with Gasteiger partial charge in [0.25, 0.3) is 5.91 Å². The third-order valence-electron chi connectivity index (χ3n) is 11.9. The Bertz CT molecular complexity index is 1250. The number of amides is 3. The Labute approximate surface area is 279 Å². The first kappa shape index (κ1) is 32.4. The molecular weight excluding hydrogens is 602 g/mol. The molecule has 0 bridgehead atoms. The summed E-state index contributed by atoms with van der Waals surface area (Å²) in [5.41, 5.74) is 1.13. The molecule has 2 saturated carbocycles. The Morgan fingerprint density at radius 3 is 2.22 bits per heavy atom. The van der Waals surface area contributed by atoms with E-state index in [1.165, 1.54) is 12.8 Å². The third-order valence-corrected chi connectivity index (χ3v) is 12.2. The summed E-state index contributed by atoms with van der Waals surface area (Å²) >= 11 is 6.27. The lowest BCUT2D eigenvalue weighted by Gasteiger charge is -2.41. The molecule has 9 nitrogen and oxygen atoms in total. The van der Waals surface area contributed by atoms with Gasteiger partial charge in [0.1, 0.15) is 12.1 Å². The van der Waals surface area contributed by atoms with Gasteiger partial charge in [0.05, 0.1) is 12.0 Å². The van der Waals surface area contributed by atoms with Gasteiger partial charge in [-0.15, -0.1) is 0 Å². The second kappa shape index (κ2) is 13.7. The molecule has 0 N–H and O–H groups in total. The first-order chi connectivity index (χ1) is 22.3. The predicted octanol–water partition coefficient (Wildman–Crippen LogP) is 3.85. The summed E-state index contributed by atoms with van der Waals surface area (Å²) in [6.45, 7) is 7.90. The number of halogens is 1. The molecule has 6 fully saturated rings. The number of carbonyl (C=O) groups excluding carboxylic acids is 3. The van der Waals surface area contributed by atoms with Crippen LogP contribution in [0.5, 0.6) is 0 Å². The molecule has 7 rings (SSSR count). The fourth-order valence-electron chi connectivity index (χ4n) is 8.93. The van der Waals surface area contributed by atoms with Gasteiger partial charge in [0.15, 0.2) is 0 Å². The van der Waals surface area contributed by atoms with Gasteiger partial charge < -0.3 is 24.3 Å². The minimum absolute atomic E-state index is 0.0471. The highest BCUT2D eigenvalue weighted by molar-refractivity contribution is 6.30. The number of ether oxygens (including phenoxy) is 1. The summed E-state index contributed by atoms with van der Waals surface area (Å²) in [7, 11) is 2.09. The van der Waals surface area contributed by atoms with E-state index < -0.39 is 12.1 Å². The molecule has 4 heterocycles. The van der Waals surface area contributed by atoms with Crippen LogP contribution in [-0.4, -0.2) is 132 Å². The Morgan fingerprint density at radius 2 is 1.57 bits per heavy atom. The summed E-state index contributed by atoms with van der Waals surface area (Å²) in [6.07, 6.45) is 8.25. The van der Waals surface area contributed by atoms with E-state index in [1.54, 1.807) is 0 Å². The van der Waals surface area contributed by atoms with Gasteiger partial charge in [0.2, 0.25) is 11.8 Å². The van der Waals surface area contributed by atoms with E-state index in [1.807, 2.05) is 21.9 Å². The van der Waals surface area contributed by atoms with Crippen LogP contribution < -0.4 is 0 Å². The molecular formula is C36H52ClN5O4. The average Bonchev–Trinajstić information content (AvgIpc) is 3.42. The van der Waals surface area contributed by atoms with Crippen molar-refractivity contribution in [2.24, 2.45) is 11.8 Å². The van der Waals surface area contributed by atoms with E-state index in [4.69, 9.17) is 16.3 Å². The molecule has 2 aliphatic carbocycles. The zero-order chi connectivity index (χ0) is 31.9. The van der Waals surface area contributed by atoms with Crippen LogP contribution >= 0.6 is 11.6 Å². The van der Waals surface area contributed by atoms with E-state index in [9.17, 15) is 14.4 Å². The molecule has 6 aliphatic rings. The van der Waals surface area contributed by atoms with Crippen LogP contribution in [0.15, 0.2) is 24.3 Å². The van der Waals surface area contributed by atoms with Crippen molar-refractivity contribution in [2.45, 2.75) is 101 Å². The highest BCUT2D eigenvalue weighted by Gasteiger charge is 2.51. The number of likely N-dealkylation sites (tertiary alicyclic amines) is 2. The first-order valence-electron chi connectivity index (χ1n) is 18.0. The smallest absolute Gasteiger partial charge is 0.252 e. The summed E-state index contributed by atoms with van der Waals surface area (Å²) in [5, 5.41) is 0.692. The number of benzene rings is 1. The largest absolute Gasteiger partial charge is 0.368 e. The minimum atomic E-state index is -0.552. The van der Waals surface area contributed by atoms with Crippen LogP contribution in [0.2, 0.25) is 5.02 Å². The van der Waals surface area contributed by atoms with Crippen LogP contribution in [0.1, 0.15) is 76.2 Å². The fraction of sp³-hybridized carbons (Fsp3) is 0.750. The average molecular weight is 654 g/mol. The maximum atomic E-state index is 14.9. The van der Waals surface area contributed by atoms with Crippen LogP contribution in [-0.2, 0) is 19.1 Å². The second-order valence-corrected chi connectivity index (χ2v) is 15.6. The normalized spacial score (nSPS) is 34.3. The highest BCUT2D eigenvalue weighted by atomic mass is 35.5. The van der Waals surface area contributed by atoms with Gasteiger partial charge in [-0.1, -0.05) is 30.7 Å². The molecule has 252 valence electrons. The molecule has 10 heteroatoms. The lowest BCUT2D eigenvalue weighted by atomic mass is 9.85. The molecule has 1 unspecified atom stereocenters. The van der Waals surface area contributed by atoms with Gasteiger partial charge in [-0.3, -0.25) is 19.3 Å². The van der Waals surface area contributed by atoms with Gasteiger partial charge in [-0.2, -0.15) is 0 Å². The molecule has 4 saturated heterocycles. The lowest BCUT2D eigenvalue weighted by Crippen LogP contribution is -2.54. The fourth-order valence-corrected chi connectivity index (χ4v) is 9.06. The number of likely N-dealkylation sites (N-methyl/N-ethyl adjacent to an activating group) is 1. The van der Waals surface area contributed by atoms with E-state index in [0.717, 1.165) is 63.7 Å². The highest BCUT2D eigenvalue weighted by Crippen LogP contribution is 2.42. The molecule has 0 aromatic heterocycles. The lowest BCUT2D eigenvalue weighted by molar-refractivity contribution is -0.148. The molecule has 0 spiro atoms. The summed E-state index contributed by atoms with van der Waals surface area (Å²) < 4.78 is 5.95.